The quantitative estimate of drug-likeness (QED) is 0.783. The second-order valence-electron chi connectivity index (χ2n) is 5.00. The van der Waals surface area contributed by atoms with Gasteiger partial charge in [-0.05, 0) is 19.0 Å². The summed E-state index contributed by atoms with van der Waals surface area (Å²) in [7, 11) is 0. The lowest BCUT2D eigenvalue weighted by Crippen LogP contribution is -2.51. The van der Waals surface area contributed by atoms with Crippen LogP contribution in [0.25, 0.3) is 0 Å². The predicted molar refractivity (Wildman–Crippen MR) is 71.5 cm³/mol. The predicted octanol–water partition coefficient (Wildman–Crippen LogP) is 0.428. The van der Waals surface area contributed by atoms with E-state index in [-0.39, 0.29) is 18.3 Å². The zero-order valence-electron chi connectivity index (χ0n) is 10.8. The molecule has 0 unspecified atom stereocenters. The maximum Gasteiger partial charge on any atom is 0.227 e. The molecule has 0 aliphatic carbocycles. The Morgan fingerprint density at radius 2 is 1.88 bits per heavy atom. The minimum absolute atomic E-state index is 0. The van der Waals surface area contributed by atoms with E-state index in [9.17, 15) is 4.79 Å². The fourth-order valence-corrected chi connectivity index (χ4v) is 2.66. The first kappa shape index (κ1) is 14.7. The van der Waals surface area contributed by atoms with Gasteiger partial charge < -0.3 is 15.1 Å². The molecule has 2 saturated heterocycles. The van der Waals surface area contributed by atoms with Gasteiger partial charge in [0, 0.05) is 32.7 Å². The van der Waals surface area contributed by atoms with Crippen molar-refractivity contribution < 1.29 is 4.79 Å². The molecule has 1 N–H and O–H groups in total. The Morgan fingerprint density at radius 1 is 1.24 bits per heavy atom. The Labute approximate surface area is 110 Å². The van der Waals surface area contributed by atoms with Crippen molar-refractivity contribution in [1.82, 2.24) is 15.1 Å². The van der Waals surface area contributed by atoms with E-state index in [1.807, 2.05) is 0 Å². The summed E-state index contributed by atoms with van der Waals surface area (Å²) in [6.45, 7) is 11.2. The van der Waals surface area contributed by atoms with Crippen molar-refractivity contribution in [1.29, 1.82) is 0 Å². The van der Waals surface area contributed by atoms with Gasteiger partial charge in [0.1, 0.15) is 0 Å². The van der Waals surface area contributed by atoms with E-state index in [1.165, 1.54) is 0 Å². The molecule has 0 aromatic heterocycles. The number of piperazine rings is 1. The molecule has 2 heterocycles. The average molecular weight is 262 g/mol. The largest absolute Gasteiger partial charge is 0.340 e. The maximum absolute atomic E-state index is 12.3. The van der Waals surface area contributed by atoms with Gasteiger partial charge in [0.2, 0.25) is 5.91 Å². The van der Waals surface area contributed by atoms with E-state index in [4.69, 9.17) is 0 Å². The van der Waals surface area contributed by atoms with Crippen LogP contribution in [0, 0.1) is 11.8 Å². The lowest BCUT2D eigenvalue weighted by Gasteiger charge is -2.35. The van der Waals surface area contributed by atoms with Crippen LogP contribution in [0.3, 0.4) is 0 Å². The van der Waals surface area contributed by atoms with Gasteiger partial charge in [-0.1, -0.05) is 13.8 Å². The standard InChI is InChI=1S/C12H23N3O.ClH/c1-3-14-4-6-15(7-5-14)12(16)11-9-13-8-10(11)2;/h10-11,13H,3-9H2,1-2H3;1H/t10-,11-;/m1./s1. The molecule has 4 nitrogen and oxygen atoms in total. The van der Waals surface area contributed by atoms with Crippen LogP contribution in [-0.2, 0) is 4.79 Å². The molecule has 2 fully saturated rings. The first-order valence-electron chi connectivity index (χ1n) is 6.44. The Morgan fingerprint density at radius 3 is 2.35 bits per heavy atom. The van der Waals surface area contributed by atoms with Crippen molar-refractivity contribution in [3.05, 3.63) is 0 Å². The minimum atomic E-state index is 0. The van der Waals surface area contributed by atoms with Gasteiger partial charge in [0.25, 0.3) is 0 Å². The van der Waals surface area contributed by atoms with Gasteiger partial charge >= 0.3 is 0 Å². The van der Waals surface area contributed by atoms with Crippen LogP contribution in [0.15, 0.2) is 0 Å². The number of carbonyl (C=O) groups is 1. The monoisotopic (exact) mass is 261 g/mol. The minimum Gasteiger partial charge on any atom is -0.340 e. The van der Waals surface area contributed by atoms with Gasteiger partial charge in [-0.15, -0.1) is 12.4 Å². The average Bonchev–Trinajstić information content (AvgIpc) is 2.75. The molecule has 5 heteroatoms. The van der Waals surface area contributed by atoms with E-state index < -0.39 is 0 Å². The number of nitrogens with one attached hydrogen (secondary N) is 1. The molecule has 2 atom stereocenters. The summed E-state index contributed by atoms with van der Waals surface area (Å²) in [6, 6.07) is 0. The number of halogens is 1. The summed E-state index contributed by atoms with van der Waals surface area (Å²) in [6.07, 6.45) is 0. The number of carbonyl (C=O) groups excluding carboxylic acids is 1. The van der Waals surface area contributed by atoms with Crippen molar-refractivity contribution >= 4 is 18.3 Å². The Hall–Kier alpha value is -0.320. The highest BCUT2D eigenvalue weighted by Crippen LogP contribution is 2.19. The van der Waals surface area contributed by atoms with Gasteiger partial charge in [0.05, 0.1) is 5.92 Å². The van der Waals surface area contributed by atoms with Crippen molar-refractivity contribution in [2.75, 3.05) is 45.8 Å². The SMILES string of the molecule is CCN1CCN(C(=O)[C@@H]2CNC[C@H]2C)CC1.Cl. The van der Waals surface area contributed by atoms with E-state index in [2.05, 4.69) is 29.0 Å². The van der Waals surface area contributed by atoms with Gasteiger partial charge in [0.15, 0.2) is 0 Å². The summed E-state index contributed by atoms with van der Waals surface area (Å²) in [5.74, 6) is 1.08. The number of amides is 1. The zero-order valence-corrected chi connectivity index (χ0v) is 11.6. The van der Waals surface area contributed by atoms with Crippen LogP contribution in [-0.4, -0.2) is 61.5 Å². The van der Waals surface area contributed by atoms with Crippen molar-refractivity contribution in [2.24, 2.45) is 11.8 Å². The lowest BCUT2D eigenvalue weighted by molar-refractivity contribution is -0.137. The molecule has 2 rings (SSSR count). The van der Waals surface area contributed by atoms with Gasteiger partial charge in [-0.25, -0.2) is 0 Å². The molecule has 2 aliphatic rings. The highest BCUT2D eigenvalue weighted by atomic mass is 35.5. The number of hydrogen-bond acceptors (Lipinski definition) is 3. The maximum atomic E-state index is 12.3. The summed E-state index contributed by atoms with van der Waals surface area (Å²) < 4.78 is 0. The number of likely N-dealkylation sites (N-methyl/N-ethyl adjacent to an activating group) is 1. The van der Waals surface area contributed by atoms with Gasteiger partial charge in [-0.3, -0.25) is 4.79 Å². The van der Waals surface area contributed by atoms with Crippen molar-refractivity contribution in [3.8, 4) is 0 Å². The Bertz CT molecular complexity index is 254. The number of nitrogens with zero attached hydrogens (tertiary/aromatic N) is 2. The lowest BCUT2D eigenvalue weighted by atomic mass is 9.96. The third kappa shape index (κ3) is 3.33. The van der Waals surface area contributed by atoms with E-state index >= 15 is 0 Å². The molecular weight excluding hydrogens is 238 g/mol. The molecule has 17 heavy (non-hydrogen) atoms. The highest BCUT2D eigenvalue weighted by Gasteiger charge is 2.33. The van der Waals surface area contributed by atoms with Crippen LogP contribution in [0.2, 0.25) is 0 Å². The molecule has 0 spiro atoms. The molecule has 0 aromatic rings. The van der Waals surface area contributed by atoms with Crippen LogP contribution >= 0.6 is 12.4 Å². The van der Waals surface area contributed by atoms with Crippen LogP contribution in [0.1, 0.15) is 13.8 Å². The first-order chi connectivity index (χ1) is 7.72. The van der Waals surface area contributed by atoms with E-state index in [0.717, 1.165) is 45.8 Å². The fraction of sp³-hybridized carbons (Fsp3) is 0.917. The number of hydrogen-bond donors (Lipinski definition) is 1. The Balaban J connectivity index is 0.00000144. The zero-order chi connectivity index (χ0) is 11.5. The summed E-state index contributed by atoms with van der Waals surface area (Å²) in [4.78, 5) is 16.7. The molecule has 0 saturated carbocycles. The third-order valence-electron chi connectivity index (χ3n) is 3.97. The molecule has 2 aliphatic heterocycles. The van der Waals surface area contributed by atoms with Gasteiger partial charge in [-0.2, -0.15) is 0 Å². The van der Waals surface area contributed by atoms with Crippen molar-refractivity contribution in [3.63, 3.8) is 0 Å². The molecule has 0 bridgehead atoms. The number of rotatable bonds is 2. The second kappa shape index (κ2) is 6.57. The van der Waals surface area contributed by atoms with Crippen LogP contribution < -0.4 is 5.32 Å². The smallest absolute Gasteiger partial charge is 0.227 e. The Kier molecular flexibility index (Phi) is 5.70. The first-order valence-corrected chi connectivity index (χ1v) is 6.44. The van der Waals surface area contributed by atoms with Crippen LogP contribution in [0.4, 0.5) is 0 Å². The fourth-order valence-electron chi connectivity index (χ4n) is 2.66. The van der Waals surface area contributed by atoms with Crippen molar-refractivity contribution in [2.45, 2.75) is 13.8 Å². The topological polar surface area (TPSA) is 35.6 Å². The molecular formula is C12H24ClN3O. The summed E-state index contributed by atoms with van der Waals surface area (Å²) in [5, 5.41) is 3.30. The molecule has 0 radical (unpaired) electrons. The summed E-state index contributed by atoms with van der Waals surface area (Å²) >= 11 is 0. The third-order valence-corrected chi connectivity index (χ3v) is 3.97. The second-order valence-corrected chi connectivity index (χ2v) is 5.00. The van der Waals surface area contributed by atoms with E-state index in [1.54, 1.807) is 0 Å². The van der Waals surface area contributed by atoms with Crippen LogP contribution in [0.5, 0.6) is 0 Å². The highest BCUT2D eigenvalue weighted by molar-refractivity contribution is 5.85. The molecule has 0 aromatic carbocycles. The molecule has 100 valence electrons. The normalized spacial score (nSPS) is 30.1. The molecule has 1 amide bonds. The summed E-state index contributed by atoms with van der Waals surface area (Å²) in [5.41, 5.74) is 0. The van der Waals surface area contributed by atoms with E-state index in [0.29, 0.717) is 11.8 Å².